The molecule has 0 aromatic carbocycles. The number of carboxylic acid groups (broad SMARTS) is 1. The van der Waals surface area contributed by atoms with Gasteiger partial charge in [0.25, 0.3) is 0 Å². The van der Waals surface area contributed by atoms with Crippen LogP contribution < -0.4 is 29.6 Å². The minimum atomic E-state index is -0.653. The van der Waals surface area contributed by atoms with Crippen molar-refractivity contribution >= 4 is 5.97 Å². The standard InChI is InChI=1S/C14H28O2.Na.H/c1-3-4-5-6-7-8-9-10-11-12-13(2)14(15)16;;/h13H,3-12H2,1-2H3,(H,15,16);;/q;+1;-1. The summed E-state index contributed by atoms with van der Waals surface area (Å²) in [7, 11) is 0. The van der Waals surface area contributed by atoms with Crippen molar-refractivity contribution in [3.63, 3.8) is 0 Å². The Balaban J connectivity index is -0.00000112. The van der Waals surface area contributed by atoms with Crippen LogP contribution in [0.1, 0.15) is 79.5 Å². The Morgan fingerprint density at radius 1 is 1.00 bits per heavy atom. The van der Waals surface area contributed by atoms with E-state index in [4.69, 9.17) is 5.11 Å². The van der Waals surface area contributed by atoms with Crippen LogP contribution >= 0.6 is 0 Å². The molecule has 0 aromatic heterocycles. The minimum absolute atomic E-state index is 0. The molecule has 0 aliphatic heterocycles. The number of unbranched alkanes of at least 4 members (excludes halogenated alkanes) is 8. The molecule has 0 radical (unpaired) electrons. The molecule has 0 spiro atoms. The van der Waals surface area contributed by atoms with Crippen LogP contribution in [-0.4, -0.2) is 11.1 Å². The van der Waals surface area contributed by atoms with Crippen molar-refractivity contribution < 1.29 is 40.9 Å². The van der Waals surface area contributed by atoms with Crippen molar-refractivity contribution in [3.05, 3.63) is 0 Å². The van der Waals surface area contributed by atoms with E-state index in [1.807, 2.05) is 0 Å². The molecule has 0 aromatic rings. The minimum Gasteiger partial charge on any atom is -1.00 e. The molecule has 0 saturated carbocycles. The average Bonchev–Trinajstić information content (AvgIpc) is 2.26. The second-order valence-corrected chi connectivity index (χ2v) is 4.86. The second-order valence-electron chi connectivity index (χ2n) is 4.86. The first kappa shape index (κ1) is 19.8. The number of aliphatic carboxylic acids is 1. The first-order valence-corrected chi connectivity index (χ1v) is 6.91. The molecular formula is C14H29NaO2. The molecule has 0 rings (SSSR count). The summed E-state index contributed by atoms with van der Waals surface area (Å²) >= 11 is 0. The van der Waals surface area contributed by atoms with E-state index in [0.29, 0.717) is 0 Å². The summed E-state index contributed by atoms with van der Waals surface area (Å²) in [5.41, 5.74) is 0. The van der Waals surface area contributed by atoms with Crippen LogP contribution in [0.2, 0.25) is 0 Å². The Morgan fingerprint density at radius 2 is 1.41 bits per heavy atom. The van der Waals surface area contributed by atoms with E-state index in [0.717, 1.165) is 12.8 Å². The number of carboxylic acids is 1. The monoisotopic (exact) mass is 252 g/mol. The van der Waals surface area contributed by atoms with Gasteiger partial charge in [-0.1, -0.05) is 71.6 Å². The molecule has 0 amide bonds. The Morgan fingerprint density at radius 3 is 1.82 bits per heavy atom. The van der Waals surface area contributed by atoms with Crippen molar-refractivity contribution in [2.24, 2.45) is 5.92 Å². The normalized spacial score (nSPS) is 11.9. The molecule has 2 nitrogen and oxygen atoms in total. The number of hydrogen-bond donors (Lipinski definition) is 1. The van der Waals surface area contributed by atoms with Crippen LogP contribution in [0.4, 0.5) is 0 Å². The van der Waals surface area contributed by atoms with Gasteiger partial charge < -0.3 is 6.53 Å². The van der Waals surface area contributed by atoms with Crippen LogP contribution in [0.5, 0.6) is 0 Å². The van der Waals surface area contributed by atoms with E-state index in [1.165, 1.54) is 51.4 Å². The molecule has 17 heavy (non-hydrogen) atoms. The Kier molecular flexibility index (Phi) is 16.9. The third-order valence-electron chi connectivity index (χ3n) is 3.16. The van der Waals surface area contributed by atoms with Gasteiger partial charge in [0.2, 0.25) is 0 Å². The molecule has 0 aliphatic rings. The van der Waals surface area contributed by atoms with Gasteiger partial charge in [-0.2, -0.15) is 0 Å². The molecule has 0 bridgehead atoms. The van der Waals surface area contributed by atoms with E-state index in [1.54, 1.807) is 6.92 Å². The van der Waals surface area contributed by atoms with Crippen molar-refractivity contribution in [2.75, 3.05) is 0 Å². The summed E-state index contributed by atoms with van der Waals surface area (Å²) in [5.74, 6) is -0.816. The van der Waals surface area contributed by atoms with Gasteiger partial charge in [0.15, 0.2) is 0 Å². The summed E-state index contributed by atoms with van der Waals surface area (Å²) in [6.45, 7) is 4.04. The number of rotatable bonds is 11. The molecule has 0 fully saturated rings. The van der Waals surface area contributed by atoms with Gasteiger partial charge in [0.1, 0.15) is 0 Å². The van der Waals surface area contributed by atoms with E-state index >= 15 is 0 Å². The summed E-state index contributed by atoms with van der Waals surface area (Å²) in [6.07, 6.45) is 12.5. The Bertz CT molecular complexity index is 177. The molecule has 1 N–H and O–H groups in total. The molecule has 1 atom stereocenters. The van der Waals surface area contributed by atoms with E-state index < -0.39 is 5.97 Å². The van der Waals surface area contributed by atoms with E-state index in [9.17, 15) is 4.79 Å². The van der Waals surface area contributed by atoms with Gasteiger partial charge in [0.05, 0.1) is 5.92 Å². The molecular weight excluding hydrogens is 223 g/mol. The fraction of sp³-hybridized carbons (Fsp3) is 0.929. The zero-order valence-electron chi connectivity index (χ0n) is 13.0. The average molecular weight is 252 g/mol. The third-order valence-corrected chi connectivity index (χ3v) is 3.16. The van der Waals surface area contributed by atoms with Crippen molar-refractivity contribution in [3.8, 4) is 0 Å². The number of hydrogen-bond acceptors (Lipinski definition) is 1. The first-order chi connectivity index (χ1) is 7.68. The summed E-state index contributed by atoms with van der Waals surface area (Å²) < 4.78 is 0. The largest absolute Gasteiger partial charge is 1.00 e. The maximum atomic E-state index is 10.6. The molecule has 0 aliphatic carbocycles. The van der Waals surface area contributed by atoms with Crippen LogP contribution in [0.25, 0.3) is 0 Å². The van der Waals surface area contributed by atoms with Gasteiger partial charge in [-0.05, 0) is 6.42 Å². The maximum absolute atomic E-state index is 10.6. The SMILES string of the molecule is CCCCCCCCCCCC(C)C(=O)O.[H-].[Na+]. The molecule has 1 unspecified atom stereocenters. The van der Waals surface area contributed by atoms with Crippen LogP contribution in [0.15, 0.2) is 0 Å². The number of carbonyl (C=O) groups is 1. The molecule has 3 heteroatoms. The van der Waals surface area contributed by atoms with Crippen LogP contribution in [-0.2, 0) is 4.79 Å². The summed E-state index contributed by atoms with van der Waals surface area (Å²) in [5, 5.41) is 8.71. The first-order valence-electron chi connectivity index (χ1n) is 6.91. The Hall–Kier alpha value is 0.470. The topological polar surface area (TPSA) is 37.3 Å². The van der Waals surface area contributed by atoms with Crippen molar-refractivity contribution in [1.29, 1.82) is 0 Å². The van der Waals surface area contributed by atoms with Gasteiger partial charge >= 0.3 is 35.5 Å². The van der Waals surface area contributed by atoms with Crippen LogP contribution in [0.3, 0.4) is 0 Å². The zero-order chi connectivity index (χ0) is 12.2. The molecule has 98 valence electrons. The predicted molar refractivity (Wildman–Crippen MR) is 69.8 cm³/mol. The molecule has 0 saturated heterocycles. The maximum Gasteiger partial charge on any atom is 1.00 e. The van der Waals surface area contributed by atoms with Gasteiger partial charge in [-0.3, -0.25) is 4.79 Å². The van der Waals surface area contributed by atoms with Gasteiger partial charge in [-0.15, -0.1) is 0 Å². The smallest absolute Gasteiger partial charge is 1.00 e. The molecule has 0 heterocycles. The van der Waals surface area contributed by atoms with Gasteiger partial charge in [-0.25, -0.2) is 0 Å². The fourth-order valence-corrected chi connectivity index (χ4v) is 1.88. The summed E-state index contributed by atoms with van der Waals surface area (Å²) in [4.78, 5) is 10.6. The van der Waals surface area contributed by atoms with Crippen molar-refractivity contribution in [1.82, 2.24) is 0 Å². The van der Waals surface area contributed by atoms with E-state index in [2.05, 4.69) is 6.92 Å². The Labute approximate surface area is 130 Å². The zero-order valence-corrected chi connectivity index (χ0v) is 14.0. The van der Waals surface area contributed by atoms with Crippen LogP contribution in [0, 0.1) is 5.92 Å². The summed E-state index contributed by atoms with van der Waals surface area (Å²) in [6, 6.07) is 0. The van der Waals surface area contributed by atoms with Gasteiger partial charge in [0, 0.05) is 0 Å². The quantitative estimate of drug-likeness (QED) is 0.449. The fourth-order valence-electron chi connectivity index (χ4n) is 1.88. The third kappa shape index (κ3) is 14.4. The van der Waals surface area contributed by atoms with E-state index in [-0.39, 0.29) is 36.9 Å². The second kappa shape index (κ2) is 14.5. The van der Waals surface area contributed by atoms with Crippen molar-refractivity contribution in [2.45, 2.75) is 78.1 Å². The predicted octanol–water partition coefficient (Wildman–Crippen LogP) is 1.74.